The maximum atomic E-state index is 14.0. The molecule has 5 nitrogen and oxygen atoms in total. The molecule has 1 aromatic heterocycles. The highest BCUT2D eigenvalue weighted by molar-refractivity contribution is 6.33. The molecule has 0 saturated carbocycles. The normalized spacial score (nSPS) is 14.8. The maximum absolute atomic E-state index is 14.0. The topological polar surface area (TPSA) is 49.3 Å². The number of halogens is 2. The molecule has 138 valence electrons. The first-order chi connectivity index (χ1) is 12.4. The Bertz CT molecular complexity index is 799. The SMILES string of the molecule is Cc1cc(N2CCN(C(=O)c3c(F)cccc3Cl)CC2)nc(C(C)C)n1. The lowest BCUT2D eigenvalue weighted by atomic mass is 10.1. The van der Waals surface area contributed by atoms with Crippen LogP contribution < -0.4 is 4.90 Å². The van der Waals surface area contributed by atoms with Gasteiger partial charge < -0.3 is 9.80 Å². The summed E-state index contributed by atoms with van der Waals surface area (Å²) in [6.07, 6.45) is 0. The largest absolute Gasteiger partial charge is 0.353 e. The number of piperazine rings is 1. The number of carbonyl (C=O) groups is 1. The lowest BCUT2D eigenvalue weighted by Gasteiger charge is -2.35. The van der Waals surface area contributed by atoms with Crippen molar-refractivity contribution < 1.29 is 9.18 Å². The van der Waals surface area contributed by atoms with Crippen LogP contribution in [-0.2, 0) is 0 Å². The third kappa shape index (κ3) is 3.80. The van der Waals surface area contributed by atoms with Gasteiger partial charge >= 0.3 is 0 Å². The highest BCUT2D eigenvalue weighted by Crippen LogP contribution is 2.23. The molecule has 0 aliphatic carbocycles. The van der Waals surface area contributed by atoms with Gasteiger partial charge in [-0.05, 0) is 19.1 Å². The van der Waals surface area contributed by atoms with E-state index >= 15 is 0 Å². The molecule has 1 aromatic carbocycles. The van der Waals surface area contributed by atoms with Crippen molar-refractivity contribution in [3.05, 3.63) is 52.2 Å². The van der Waals surface area contributed by atoms with Gasteiger partial charge in [0.1, 0.15) is 17.5 Å². The van der Waals surface area contributed by atoms with Gasteiger partial charge in [-0.15, -0.1) is 0 Å². The average molecular weight is 377 g/mol. The molecule has 0 spiro atoms. The predicted octanol–water partition coefficient (Wildman–Crippen LogP) is 3.66. The van der Waals surface area contributed by atoms with E-state index in [1.807, 2.05) is 13.0 Å². The molecule has 1 fully saturated rings. The van der Waals surface area contributed by atoms with Crippen LogP contribution in [0.3, 0.4) is 0 Å². The number of anilines is 1. The Morgan fingerprint density at radius 1 is 1.19 bits per heavy atom. The minimum Gasteiger partial charge on any atom is -0.353 e. The van der Waals surface area contributed by atoms with E-state index < -0.39 is 5.82 Å². The van der Waals surface area contributed by atoms with Gasteiger partial charge in [-0.2, -0.15) is 0 Å². The Hall–Kier alpha value is -2.21. The summed E-state index contributed by atoms with van der Waals surface area (Å²) in [5.74, 6) is 0.987. The zero-order chi connectivity index (χ0) is 18.8. The number of amides is 1. The van der Waals surface area contributed by atoms with Crippen LogP contribution in [0.4, 0.5) is 10.2 Å². The van der Waals surface area contributed by atoms with Gasteiger partial charge in [0, 0.05) is 43.9 Å². The zero-order valence-corrected chi connectivity index (χ0v) is 15.9. The van der Waals surface area contributed by atoms with Gasteiger partial charge in [-0.1, -0.05) is 31.5 Å². The number of hydrogen-bond donors (Lipinski definition) is 0. The second-order valence-corrected chi connectivity index (χ2v) is 7.16. The quantitative estimate of drug-likeness (QED) is 0.820. The average Bonchev–Trinajstić information content (AvgIpc) is 2.61. The highest BCUT2D eigenvalue weighted by Gasteiger charge is 2.26. The van der Waals surface area contributed by atoms with E-state index in [1.54, 1.807) is 4.90 Å². The molecule has 0 radical (unpaired) electrons. The summed E-state index contributed by atoms with van der Waals surface area (Å²) in [6.45, 7) is 8.32. The Kier molecular flexibility index (Phi) is 5.41. The summed E-state index contributed by atoms with van der Waals surface area (Å²) in [5, 5.41) is 0.144. The van der Waals surface area contributed by atoms with Crippen molar-refractivity contribution in [2.24, 2.45) is 0 Å². The van der Waals surface area contributed by atoms with E-state index in [4.69, 9.17) is 11.6 Å². The van der Waals surface area contributed by atoms with E-state index in [0.29, 0.717) is 26.2 Å². The zero-order valence-electron chi connectivity index (χ0n) is 15.2. The standard InChI is InChI=1S/C19H22ClFN4O/c1-12(2)18-22-13(3)11-16(23-18)24-7-9-25(10-8-24)19(26)17-14(20)5-4-6-15(17)21/h4-6,11-12H,7-10H2,1-3H3. The van der Waals surface area contributed by atoms with Crippen LogP contribution in [0, 0.1) is 12.7 Å². The van der Waals surface area contributed by atoms with Crippen LogP contribution >= 0.6 is 11.6 Å². The Labute approximate surface area is 157 Å². The molecule has 26 heavy (non-hydrogen) atoms. The van der Waals surface area contributed by atoms with E-state index in [1.165, 1.54) is 18.2 Å². The molecule has 0 atom stereocenters. The minimum absolute atomic E-state index is 0.0532. The number of benzene rings is 1. The molecule has 0 unspecified atom stereocenters. The molecule has 1 saturated heterocycles. The first-order valence-electron chi connectivity index (χ1n) is 8.70. The lowest BCUT2D eigenvalue weighted by molar-refractivity contribution is 0.0742. The number of aryl methyl sites for hydroxylation is 1. The Morgan fingerprint density at radius 3 is 2.50 bits per heavy atom. The van der Waals surface area contributed by atoms with Crippen molar-refractivity contribution in [2.45, 2.75) is 26.7 Å². The molecule has 1 amide bonds. The van der Waals surface area contributed by atoms with Crippen LogP contribution in [-0.4, -0.2) is 47.0 Å². The molecular formula is C19H22ClFN4O. The Morgan fingerprint density at radius 2 is 1.88 bits per heavy atom. The van der Waals surface area contributed by atoms with Gasteiger partial charge in [0.15, 0.2) is 0 Å². The first kappa shape index (κ1) is 18.6. The van der Waals surface area contributed by atoms with E-state index in [2.05, 4.69) is 28.7 Å². The molecule has 0 bridgehead atoms. The second kappa shape index (κ2) is 7.58. The maximum Gasteiger partial charge on any atom is 0.258 e. The number of rotatable bonds is 3. The van der Waals surface area contributed by atoms with Crippen LogP contribution in [0.1, 0.15) is 41.6 Å². The number of aromatic nitrogens is 2. The molecular weight excluding hydrogens is 355 g/mol. The van der Waals surface area contributed by atoms with Crippen molar-refractivity contribution >= 4 is 23.3 Å². The number of nitrogens with zero attached hydrogens (tertiary/aromatic N) is 4. The van der Waals surface area contributed by atoms with Gasteiger partial charge in [0.05, 0.1) is 10.6 Å². The van der Waals surface area contributed by atoms with Crippen LogP contribution in [0.5, 0.6) is 0 Å². The van der Waals surface area contributed by atoms with Crippen LogP contribution in [0.25, 0.3) is 0 Å². The molecule has 2 heterocycles. The minimum atomic E-state index is -0.585. The van der Waals surface area contributed by atoms with Crippen LogP contribution in [0.15, 0.2) is 24.3 Å². The van der Waals surface area contributed by atoms with Crippen molar-refractivity contribution in [3.63, 3.8) is 0 Å². The third-order valence-corrected chi connectivity index (χ3v) is 4.76. The van der Waals surface area contributed by atoms with E-state index in [9.17, 15) is 9.18 Å². The first-order valence-corrected chi connectivity index (χ1v) is 9.08. The highest BCUT2D eigenvalue weighted by atomic mass is 35.5. The van der Waals surface area contributed by atoms with Gasteiger partial charge in [0.25, 0.3) is 5.91 Å². The van der Waals surface area contributed by atoms with E-state index in [0.717, 1.165) is 17.3 Å². The third-order valence-electron chi connectivity index (χ3n) is 4.44. The van der Waals surface area contributed by atoms with Crippen molar-refractivity contribution in [2.75, 3.05) is 31.1 Å². The van der Waals surface area contributed by atoms with Gasteiger partial charge in [-0.25, -0.2) is 14.4 Å². The van der Waals surface area contributed by atoms with Gasteiger partial charge in [0.2, 0.25) is 0 Å². The number of carbonyl (C=O) groups excluding carboxylic acids is 1. The summed E-state index contributed by atoms with van der Waals surface area (Å²) < 4.78 is 14.0. The smallest absolute Gasteiger partial charge is 0.258 e. The lowest BCUT2D eigenvalue weighted by Crippen LogP contribution is -2.49. The van der Waals surface area contributed by atoms with Crippen molar-refractivity contribution in [1.29, 1.82) is 0 Å². The molecule has 0 N–H and O–H groups in total. The summed E-state index contributed by atoms with van der Waals surface area (Å²) >= 11 is 6.02. The van der Waals surface area contributed by atoms with Crippen molar-refractivity contribution in [3.8, 4) is 0 Å². The fourth-order valence-corrected chi connectivity index (χ4v) is 3.24. The fourth-order valence-electron chi connectivity index (χ4n) is 2.99. The molecule has 1 aliphatic heterocycles. The van der Waals surface area contributed by atoms with Crippen LogP contribution in [0.2, 0.25) is 5.02 Å². The van der Waals surface area contributed by atoms with Crippen molar-refractivity contribution in [1.82, 2.24) is 14.9 Å². The monoisotopic (exact) mass is 376 g/mol. The molecule has 2 aromatic rings. The summed E-state index contributed by atoms with van der Waals surface area (Å²) in [6, 6.07) is 6.24. The van der Waals surface area contributed by atoms with Gasteiger partial charge in [-0.3, -0.25) is 4.79 Å². The summed E-state index contributed by atoms with van der Waals surface area (Å²) in [4.78, 5) is 25.5. The second-order valence-electron chi connectivity index (χ2n) is 6.76. The fraction of sp³-hybridized carbons (Fsp3) is 0.421. The number of hydrogen-bond acceptors (Lipinski definition) is 4. The molecule has 1 aliphatic rings. The summed E-state index contributed by atoms with van der Waals surface area (Å²) in [7, 11) is 0. The molecule has 7 heteroatoms. The molecule has 3 rings (SSSR count). The Balaban J connectivity index is 1.73. The predicted molar refractivity (Wildman–Crippen MR) is 100 cm³/mol. The summed E-state index contributed by atoms with van der Waals surface area (Å²) in [5.41, 5.74) is 0.873. The van der Waals surface area contributed by atoms with E-state index in [-0.39, 0.29) is 22.4 Å².